The van der Waals surface area contributed by atoms with Gasteiger partial charge in [0.05, 0.1) is 13.0 Å². The first-order chi connectivity index (χ1) is 12.1. The molecule has 25 heavy (non-hydrogen) atoms. The number of furan rings is 1. The monoisotopic (exact) mass is 341 g/mol. The molecule has 1 saturated heterocycles. The van der Waals surface area contributed by atoms with Crippen LogP contribution in [0.25, 0.3) is 11.0 Å². The van der Waals surface area contributed by atoms with E-state index in [1.807, 2.05) is 19.1 Å². The van der Waals surface area contributed by atoms with Crippen molar-refractivity contribution in [2.45, 2.75) is 26.2 Å². The third-order valence-electron chi connectivity index (χ3n) is 4.71. The molecule has 0 spiro atoms. The maximum Gasteiger partial charge on any atom is 0.289 e. The highest BCUT2D eigenvalue weighted by atomic mass is 16.5. The number of carbonyl (C=O) groups excluding carboxylic acids is 1. The maximum atomic E-state index is 12.9. The van der Waals surface area contributed by atoms with Crippen molar-refractivity contribution in [1.82, 2.24) is 15.0 Å². The highest BCUT2D eigenvalue weighted by Crippen LogP contribution is 2.32. The molecular formula is C18H19N3O4. The minimum absolute atomic E-state index is 0.0786. The number of benzene rings is 1. The molecule has 0 bridgehead atoms. The van der Waals surface area contributed by atoms with Crippen LogP contribution in [0.3, 0.4) is 0 Å². The van der Waals surface area contributed by atoms with E-state index in [9.17, 15) is 4.79 Å². The lowest BCUT2D eigenvalue weighted by atomic mass is 10.1. The maximum absolute atomic E-state index is 12.9. The van der Waals surface area contributed by atoms with Crippen molar-refractivity contribution >= 4 is 16.9 Å². The third kappa shape index (κ3) is 2.65. The van der Waals surface area contributed by atoms with Gasteiger partial charge >= 0.3 is 0 Å². The number of hydrogen-bond donors (Lipinski definition) is 0. The van der Waals surface area contributed by atoms with Crippen molar-refractivity contribution in [2.75, 3.05) is 20.2 Å². The van der Waals surface area contributed by atoms with E-state index in [0.717, 1.165) is 17.4 Å². The first-order valence-electron chi connectivity index (χ1n) is 8.23. The smallest absolute Gasteiger partial charge is 0.289 e. The molecule has 1 atom stereocenters. The Morgan fingerprint density at radius 1 is 1.36 bits per heavy atom. The summed E-state index contributed by atoms with van der Waals surface area (Å²) in [6.45, 7) is 4.89. The zero-order valence-corrected chi connectivity index (χ0v) is 14.4. The van der Waals surface area contributed by atoms with Gasteiger partial charge < -0.3 is 18.6 Å². The number of fused-ring (bicyclic) bond motifs is 1. The molecule has 1 aliphatic heterocycles. The zero-order valence-electron chi connectivity index (χ0n) is 14.4. The van der Waals surface area contributed by atoms with Crippen LogP contribution >= 0.6 is 0 Å². The predicted molar refractivity (Wildman–Crippen MR) is 89.8 cm³/mol. The lowest BCUT2D eigenvalue weighted by Gasteiger charge is -2.14. The van der Waals surface area contributed by atoms with Crippen molar-refractivity contribution in [3.8, 4) is 5.75 Å². The van der Waals surface area contributed by atoms with Crippen LogP contribution in [0.15, 0.2) is 27.1 Å². The molecule has 1 amide bonds. The number of aromatic nitrogens is 2. The van der Waals surface area contributed by atoms with Gasteiger partial charge in [0, 0.05) is 30.1 Å². The van der Waals surface area contributed by atoms with Crippen LogP contribution < -0.4 is 4.74 Å². The molecule has 4 rings (SSSR count). The summed E-state index contributed by atoms with van der Waals surface area (Å²) < 4.78 is 16.3. The van der Waals surface area contributed by atoms with Crippen LogP contribution in [-0.4, -0.2) is 41.1 Å². The van der Waals surface area contributed by atoms with E-state index in [-0.39, 0.29) is 11.8 Å². The summed E-state index contributed by atoms with van der Waals surface area (Å²) in [7, 11) is 1.60. The third-order valence-corrected chi connectivity index (χ3v) is 4.71. The summed E-state index contributed by atoms with van der Waals surface area (Å²) in [6, 6.07) is 5.58. The summed E-state index contributed by atoms with van der Waals surface area (Å²) in [6.07, 6.45) is 0.806. The summed E-state index contributed by atoms with van der Waals surface area (Å²) in [5.74, 6) is 2.26. The number of aryl methyl sites for hydroxylation is 2. The number of carbonyl (C=O) groups is 1. The van der Waals surface area contributed by atoms with Crippen LogP contribution in [0.2, 0.25) is 0 Å². The van der Waals surface area contributed by atoms with Gasteiger partial charge in [-0.25, -0.2) is 0 Å². The van der Waals surface area contributed by atoms with Crippen molar-refractivity contribution in [1.29, 1.82) is 0 Å². The number of rotatable bonds is 3. The molecule has 7 heteroatoms. The lowest BCUT2D eigenvalue weighted by Crippen LogP contribution is -2.28. The van der Waals surface area contributed by atoms with Crippen LogP contribution in [0.5, 0.6) is 5.75 Å². The van der Waals surface area contributed by atoms with E-state index in [0.29, 0.717) is 41.9 Å². The summed E-state index contributed by atoms with van der Waals surface area (Å²) in [4.78, 5) is 19.0. The fraction of sp³-hybridized carbons (Fsp3) is 0.389. The molecule has 2 aromatic heterocycles. The first kappa shape index (κ1) is 15.7. The Kier molecular flexibility index (Phi) is 3.71. The van der Waals surface area contributed by atoms with Crippen molar-refractivity contribution in [3.05, 3.63) is 41.2 Å². The van der Waals surface area contributed by atoms with Gasteiger partial charge in [-0.3, -0.25) is 4.79 Å². The second-order valence-corrected chi connectivity index (χ2v) is 6.33. The minimum atomic E-state index is -0.105. The molecule has 3 heterocycles. The second kappa shape index (κ2) is 5.91. The van der Waals surface area contributed by atoms with Crippen molar-refractivity contribution in [2.24, 2.45) is 0 Å². The Bertz CT molecular complexity index is 943. The van der Waals surface area contributed by atoms with Gasteiger partial charge in [-0.15, -0.1) is 0 Å². The van der Waals surface area contributed by atoms with Gasteiger partial charge in [-0.05, 0) is 32.4 Å². The zero-order chi connectivity index (χ0) is 17.6. The highest BCUT2D eigenvalue weighted by Gasteiger charge is 2.33. The summed E-state index contributed by atoms with van der Waals surface area (Å²) in [5, 5.41) is 4.75. The molecule has 1 aliphatic rings. The van der Waals surface area contributed by atoms with Gasteiger partial charge in [0.15, 0.2) is 11.6 Å². The highest BCUT2D eigenvalue weighted by molar-refractivity contribution is 5.99. The number of likely N-dealkylation sites (tertiary alicyclic amines) is 1. The molecule has 0 saturated carbocycles. The number of methoxy groups -OCH3 is 1. The van der Waals surface area contributed by atoms with Crippen molar-refractivity contribution < 1.29 is 18.5 Å². The predicted octanol–water partition coefficient (Wildman–Crippen LogP) is 3.07. The van der Waals surface area contributed by atoms with Crippen molar-refractivity contribution in [3.63, 3.8) is 0 Å². The van der Waals surface area contributed by atoms with Gasteiger partial charge in [-0.1, -0.05) is 5.16 Å². The molecule has 130 valence electrons. The molecule has 0 aliphatic carbocycles. The SMILES string of the molecule is COc1ccc2c(C)c(C(=O)N3CC[C@H](c4nc(C)no4)C3)oc2c1. The molecular weight excluding hydrogens is 322 g/mol. The van der Waals surface area contributed by atoms with Gasteiger partial charge in [-0.2, -0.15) is 4.98 Å². The molecule has 0 N–H and O–H groups in total. The van der Waals surface area contributed by atoms with E-state index in [2.05, 4.69) is 10.1 Å². The molecule has 0 unspecified atom stereocenters. The number of hydrogen-bond acceptors (Lipinski definition) is 6. The van der Waals surface area contributed by atoms with Crippen LogP contribution in [0, 0.1) is 13.8 Å². The average molecular weight is 341 g/mol. The van der Waals surface area contributed by atoms with E-state index in [1.165, 1.54) is 0 Å². The molecule has 0 radical (unpaired) electrons. The van der Waals surface area contributed by atoms with E-state index < -0.39 is 0 Å². The second-order valence-electron chi connectivity index (χ2n) is 6.33. The van der Waals surface area contributed by atoms with E-state index in [4.69, 9.17) is 13.7 Å². The normalized spacial score (nSPS) is 17.4. The summed E-state index contributed by atoms with van der Waals surface area (Å²) >= 11 is 0. The standard InChI is InChI=1S/C18H19N3O4/c1-10-14-5-4-13(23-3)8-15(14)24-16(10)18(22)21-7-6-12(9-21)17-19-11(2)20-25-17/h4-5,8,12H,6-7,9H2,1-3H3/t12-/m0/s1. The first-order valence-corrected chi connectivity index (χ1v) is 8.23. The quantitative estimate of drug-likeness (QED) is 0.728. The molecule has 1 aromatic carbocycles. The fourth-order valence-electron chi connectivity index (χ4n) is 3.31. The number of amides is 1. The Morgan fingerprint density at radius 3 is 2.92 bits per heavy atom. The lowest BCUT2D eigenvalue weighted by molar-refractivity contribution is 0.0759. The van der Waals surface area contributed by atoms with Crippen LogP contribution in [0.4, 0.5) is 0 Å². The molecule has 7 nitrogen and oxygen atoms in total. The number of ether oxygens (including phenoxy) is 1. The van der Waals surface area contributed by atoms with Gasteiger partial charge in [0.1, 0.15) is 11.3 Å². The topological polar surface area (TPSA) is 81.6 Å². The Hall–Kier alpha value is -2.83. The molecule has 3 aromatic rings. The molecule has 1 fully saturated rings. The van der Waals surface area contributed by atoms with E-state index >= 15 is 0 Å². The average Bonchev–Trinajstić information content (AvgIpc) is 3.33. The van der Waals surface area contributed by atoms with Crippen LogP contribution in [0.1, 0.15) is 40.2 Å². The van der Waals surface area contributed by atoms with E-state index in [1.54, 1.807) is 25.0 Å². The Balaban J connectivity index is 1.59. The van der Waals surface area contributed by atoms with Gasteiger partial charge in [0.2, 0.25) is 5.89 Å². The largest absolute Gasteiger partial charge is 0.497 e. The minimum Gasteiger partial charge on any atom is -0.497 e. The van der Waals surface area contributed by atoms with Crippen LogP contribution in [-0.2, 0) is 0 Å². The number of nitrogens with zero attached hydrogens (tertiary/aromatic N) is 3. The Labute approximate surface area is 144 Å². The van der Waals surface area contributed by atoms with Gasteiger partial charge in [0.25, 0.3) is 5.91 Å². The Morgan fingerprint density at radius 2 is 2.20 bits per heavy atom. The summed E-state index contributed by atoms with van der Waals surface area (Å²) in [5.41, 5.74) is 1.50. The fourth-order valence-corrected chi connectivity index (χ4v) is 3.31.